The van der Waals surface area contributed by atoms with Crippen LogP contribution in [0.2, 0.25) is 10.0 Å². The topological polar surface area (TPSA) is 81.8 Å². The Hall–Kier alpha value is -2.77. The van der Waals surface area contributed by atoms with Gasteiger partial charge in [0, 0.05) is 49.4 Å². The Morgan fingerprint density at radius 2 is 1.63 bits per heavy atom. The second-order valence-corrected chi connectivity index (χ2v) is 11.9. The van der Waals surface area contributed by atoms with Crippen molar-refractivity contribution in [3.8, 4) is 0 Å². The molecule has 9 heteroatoms. The highest BCUT2D eigenvalue weighted by Crippen LogP contribution is 2.28. The highest BCUT2D eigenvalue weighted by atomic mass is 35.5. The fourth-order valence-corrected chi connectivity index (χ4v) is 4.50. The van der Waals surface area contributed by atoms with Gasteiger partial charge in [0.1, 0.15) is 6.04 Å². The van der Waals surface area contributed by atoms with E-state index < -0.39 is 11.5 Å². The third-order valence-electron chi connectivity index (χ3n) is 6.62. The Balaban J connectivity index is 1.53. The van der Waals surface area contributed by atoms with Crippen LogP contribution in [0.25, 0.3) is 0 Å². The zero-order valence-corrected chi connectivity index (χ0v) is 24.3. The molecule has 0 spiro atoms. The van der Waals surface area contributed by atoms with Gasteiger partial charge in [0.25, 0.3) is 0 Å². The van der Waals surface area contributed by atoms with Crippen LogP contribution in [-0.2, 0) is 20.8 Å². The standard InChI is InChI=1S/C29H38Cl2N4O3/c1-19(2)26(27(37)35-15-13-34(14-16-35)22-10-11-23(30)24(31)18-22)33-25(36)12-9-20-7-6-8-21(17-20)32-28(38)29(3,4)5/h6-8,10-11,17-19,26H,9,12-16H2,1-5H3,(H,32,38)(H,33,36)/t26-/m1/s1. The number of halogens is 2. The quantitative estimate of drug-likeness (QED) is 0.452. The minimum atomic E-state index is -0.587. The normalized spacial score (nSPS) is 14.8. The molecule has 0 bridgehead atoms. The van der Waals surface area contributed by atoms with Crippen LogP contribution in [0.4, 0.5) is 11.4 Å². The van der Waals surface area contributed by atoms with Crippen LogP contribution in [0.15, 0.2) is 42.5 Å². The summed E-state index contributed by atoms with van der Waals surface area (Å²) in [6.07, 6.45) is 0.755. The van der Waals surface area contributed by atoms with Crippen molar-refractivity contribution in [2.45, 2.75) is 53.5 Å². The maximum absolute atomic E-state index is 13.3. The van der Waals surface area contributed by atoms with Crippen molar-refractivity contribution in [1.82, 2.24) is 10.2 Å². The summed E-state index contributed by atoms with van der Waals surface area (Å²) in [5, 5.41) is 6.90. The molecule has 1 heterocycles. The maximum atomic E-state index is 13.3. The molecule has 206 valence electrons. The molecular weight excluding hydrogens is 523 g/mol. The molecule has 2 N–H and O–H groups in total. The van der Waals surface area contributed by atoms with E-state index in [1.165, 1.54) is 0 Å². The van der Waals surface area contributed by atoms with Gasteiger partial charge in [0.2, 0.25) is 17.7 Å². The predicted octanol–water partition coefficient (Wildman–Crippen LogP) is 5.40. The van der Waals surface area contributed by atoms with Gasteiger partial charge in [-0.05, 0) is 48.2 Å². The van der Waals surface area contributed by atoms with Crippen molar-refractivity contribution in [3.05, 3.63) is 58.1 Å². The molecule has 1 aliphatic rings. The first-order valence-corrected chi connectivity index (χ1v) is 13.8. The molecule has 38 heavy (non-hydrogen) atoms. The summed E-state index contributed by atoms with van der Waals surface area (Å²) in [6.45, 7) is 11.9. The lowest BCUT2D eigenvalue weighted by Gasteiger charge is -2.38. The molecule has 2 aromatic rings. The zero-order valence-electron chi connectivity index (χ0n) is 22.8. The molecule has 2 aromatic carbocycles. The smallest absolute Gasteiger partial charge is 0.245 e. The van der Waals surface area contributed by atoms with Gasteiger partial charge < -0.3 is 20.4 Å². The van der Waals surface area contributed by atoms with Gasteiger partial charge >= 0.3 is 0 Å². The SMILES string of the molecule is CC(C)[C@@H](NC(=O)CCc1cccc(NC(=O)C(C)(C)C)c1)C(=O)N1CCN(c2ccc(Cl)c(Cl)c2)CC1. The number of carbonyl (C=O) groups excluding carboxylic acids is 3. The summed E-state index contributed by atoms with van der Waals surface area (Å²) in [7, 11) is 0. The first kappa shape index (κ1) is 29.8. The lowest BCUT2D eigenvalue weighted by Crippen LogP contribution is -2.56. The summed E-state index contributed by atoms with van der Waals surface area (Å²) in [4.78, 5) is 42.4. The van der Waals surface area contributed by atoms with Crippen molar-refractivity contribution >= 4 is 52.3 Å². The third kappa shape index (κ3) is 8.11. The van der Waals surface area contributed by atoms with Gasteiger partial charge in [0.15, 0.2) is 0 Å². The predicted molar refractivity (Wildman–Crippen MR) is 155 cm³/mol. The van der Waals surface area contributed by atoms with Gasteiger partial charge in [-0.15, -0.1) is 0 Å². The highest BCUT2D eigenvalue weighted by molar-refractivity contribution is 6.42. The lowest BCUT2D eigenvalue weighted by molar-refractivity contribution is -0.138. The van der Waals surface area contributed by atoms with Crippen molar-refractivity contribution in [2.75, 3.05) is 36.4 Å². The molecule has 1 atom stereocenters. The van der Waals surface area contributed by atoms with Crippen LogP contribution in [0, 0.1) is 11.3 Å². The number of hydrogen-bond donors (Lipinski definition) is 2. The van der Waals surface area contributed by atoms with Gasteiger partial charge in [-0.1, -0.05) is 70.0 Å². The van der Waals surface area contributed by atoms with E-state index in [2.05, 4.69) is 15.5 Å². The molecule has 0 saturated carbocycles. The van der Waals surface area contributed by atoms with E-state index in [9.17, 15) is 14.4 Å². The number of hydrogen-bond acceptors (Lipinski definition) is 4. The molecule has 0 aliphatic carbocycles. The Kier molecular flexibility index (Phi) is 10.1. The van der Waals surface area contributed by atoms with Crippen molar-refractivity contribution in [3.63, 3.8) is 0 Å². The van der Waals surface area contributed by atoms with E-state index in [0.29, 0.717) is 48.3 Å². The lowest BCUT2D eigenvalue weighted by atomic mass is 9.95. The van der Waals surface area contributed by atoms with E-state index >= 15 is 0 Å². The fraction of sp³-hybridized carbons (Fsp3) is 0.483. The van der Waals surface area contributed by atoms with Gasteiger partial charge in [0.05, 0.1) is 10.0 Å². The van der Waals surface area contributed by atoms with Crippen LogP contribution >= 0.6 is 23.2 Å². The highest BCUT2D eigenvalue weighted by Gasteiger charge is 2.31. The summed E-state index contributed by atoms with van der Waals surface area (Å²) in [6, 6.07) is 12.5. The van der Waals surface area contributed by atoms with E-state index in [-0.39, 0.29) is 30.1 Å². The average molecular weight is 562 g/mol. The Labute approximate surface area is 235 Å². The molecule has 1 saturated heterocycles. The molecular formula is C29H38Cl2N4O3. The summed E-state index contributed by atoms with van der Waals surface area (Å²) in [5.41, 5.74) is 2.13. The van der Waals surface area contributed by atoms with Crippen LogP contribution in [0.5, 0.6) is 0 Å². The summed E-state index contributed by atoms with van der Waals surface area (Å²) >= 11 is 12.2. The number of amides is 3. The number of piperazine rings is 1. The van der Waals surface area contributed by atoms with E-state index in [1.807, 2.05) is 75.9 Å². The molecule has 7 nitrogen and oxygen atoms in total. The summed E-state index contributed by atoms with van der Waals surface area (Å²) < 4.78 is 0. The largest absolute Gasteiger partial charge is 0.368 e. The fourth-order valence-electron chi connectivity index (χ4n) is 4.20. The molecule has 1 aliphatic heterocycles. The maximum Gasteiger partial charge on any atom is 0.245 e. The number of rotatable bonds is 8. The van der Waals surface area contributed by atoms with Crippen LogP contribution in [0.1, 0.15) is 46.6 Å². The number of nitrogens with one attached hydrogen (secondary N) is 2. The Morgan fingerprint density at radius 1 is 0.947 bits per heavy atom. The Morgan fingerprint density at radius 3 is 2.24 bits per heavy atom. The zero-order chi connectivity index (χ0) is 28.0. The number of nitrogens with zero attached hydrogens (tertiary/aromatic N) is 2. The number of carbonyl (C=O) groups is 3. The van der Waals surface area contributed by atoms with Crippen molar-refractivity contribution < 1.29 is 14.4 Å². The van der Waals surface area contributed by atoms with Crippen molar-refractivity contribution in [2.24, 2.45) is 11.3 Å². The van der Waals surface area contributed by atoms with Gasteiger partial charge in [-0.2, -0.15) is 0 Å². The molecule has 0 aromatic heterocycles. The summed E-state index contributed by atoms with van der Waals surface area (Å²) in [5.74, 6) is -0.344. The minimum Gasteiger partial charge on any atom is -0.368 e. The van der Waals surface area contributed by atoms with Crippen LogP contribution in [-0.4, -0.2) is 54.8 Å². The number of aryl methyl sites for hydroxylation is 1. The van der Waals surface area contributed by atoms with Gasteiger partial charge in [-0.25, -0.2) is 0 Å². The number of benzene rings is 2. The van der Waals surface area contributed by atoms with Crippen LogP contribution < -0.4 is 15.5 Å². The molecule has 0 unspecified atom stereocenters. The van der Waals surface area contributed by atoms with Gasteiger partial charge in [-0.3, -0.25) is 14.4 Å². The molecule has 1 fully saturated rings. The Bertz CT molecular complexity index is 1150. The first-order chi connectivity index (χ1) is 17.8. The van der Waals surface area contributed by atoms with E-state index in [1.54, 1.807) is 6.07 Å². The second kappa shape index (κ2) is 12.9. The molecule has 3 amide bonds. The monoisotopic (exact) mass is 560 g/mol. The van der Waals surface area contributed by atoms with E-state index in [4.69, 9.17) is 23.2 Å². The third-order valence-corrected chi connectivity index (χ3v) is 7.35. The van der Waals surface area contributed by atoms with E-state index in [0.717, 1.165) is 11.3 Å². The van der Waals surface area contributed by atoms with Crippen molar-refractivity contribution in [1.29, 1.82) is 0 Å². The van der Waals surface area contributed by atoms with Crippen LogP contribution in [0.3, 0.4) is 0 Å². The minimum absolute atomic E-state index is 0.0458. The molecule has 3 rings (SSSR count). The second-order valence-electron chi connectivity index (χ2n) is 11.1. The molecule has 0 radical (unpaired) electrons. The number of anilines is 2. The average Bonchev–Trinajstić information content (AvgIpc) is 2.87. The first-order valence-electron chi connectivity index (χ1n) is 13.0.